The molecule has 4 aromatic rings. The summed E-state index contributed by atoms with van der Waals surface area (Å²) in [6.07, 6.45) is -4.60. The van der Waals surface area contributed by atoms with Crippen LogP contribution in [-0.4, -0.2) is 60.4 Å². The van der Waals surface area contributed by atoms with E-state index in [9.17, 15) is 18.0 Å². The predicted molar refractivity (Wildman–Crippen MR) is 148 cm³/mol. The topological polar surface area (TPSA) is 88.6 Å². The summed E-state index contributed by atoms with van der Waals surface area (Å²) in [6.45, 7) is 4.90. The monoisotopic (exact) mass is 569 g/mol. The highest BCUT2D eigenvalue weighted by Gasteiger charge is 2.32. The van der Waals surface area contributed by atoms with Crippen molar-refractivity contribution in [2.75, 3.05) is 50.1 Å². The van der Waals surface area contributed by atoms with Gasteiger partial charge in [-0.15, -0.1) is 11.3 Å². The summed E-state index contributed by atoms with van der Waals surface area (Å²) in [7, 11) is 0. The number of aromatic nitrogens is 2. The number of nitrogens with one attached hydrogen (secondary N) is 2. The number of halogens is 3. The van der Waals surface area contributed by atoms with E-state index >= 15 is 0 Å². The second kappa shape index (κ2) is 12.5. The normalized spacial score (nSPS) is 14.1. The number of amides is 2. The fourth-order valence-corrected chi connectivity index (χ4v) is 4.85. The van der Waals surface area contributed by atoms with Crippen LogP contribution in [0.1, 0.15) is 5.69 Å². The Balaban J connectivity index is 1.14. The fourth-order valence-electron chi connectivity index (χ4n) is 4.02. The second-order valence-electron chi connectivity index (χ2n) is 8.93. The third-order valence-corrected chi connectivity index (χ3v) is 7.00. The number of pyridine rings is 1. The molecule has 2 aromatic carbocycles. The molecule has 208 valence electrons. The van der Waals surface area contributed by atoms with E-state index in [1.54, 1.807) is 12.1 Å². The zero-order chi connectivity index (χ0) is 28.0. The van der Waals surface area contributed by atoms with E-state index in [1.807, 2.05) is 41.8 Å². The Morgan fingerprint density at radius 2 is 1.68 bits per heavy atom. The van der Waals surface area contributed by atoms with Gasteiger partial charge in [0.1, 0.15) is 28.9 Å². The van der Waals surface area contributed by atoms with Gasteiger partial charge in [0.25, 0.3) is 0 Å². The van der Waals surface area contributed by atoms with Crippen LogP contribution in [0.25, 0.3) is 21.8 Å². The van der Waals surface area contributed by atoms with E-state index in [2.05, 4.69) is 20.5 Å². The molecule has 2 N–H and O–H groups in total. The summed E-state index contributed by atoms with van der Waals surface area (Å²) < 4.78 is 49.7. The smallest absolute Gasteiger partial charge is 0.433 e. The average molecular weight is 570 g/mol. The average Bonchev–Trinajstić information content (AvgIpc) is 3.45. The van der Waals surface area contributed by atoms with Crippen LogP contribution in [0.3, 0.4) is 0 Å². The minimum atomic E-state index is -4.60. The van der Waals surface area contributed by atoms with E-state index < -0.39 is 17.9 Å². The molecule has 5 rings (SSSR count). The minimum Gasteiger partial charge on any atom is -0.492 e. The molecule has 8 nitrogen and oxygen atoms in total. The first-order valence-corrected chi connectivity index (χ1v) is 13.4. The fraction of sp³-hybridized carbons (Fsp3) is 0.250. The molecule has 0 radical (unpaired) electrons. The number of benzene rings is 2. The molecule has 12 heteroatoms. The lowest BCUT2D eigenvalue weighted by molar-refractivity contribution is -0.141. The molecule has 0 unspecified atom stereocenters. The molecule has 0 aliphatic carbocycles. The maximum Gasteiger partial charge on any atom is 0.433 e. The van der Waals surface area contributed by atoms with E-state index in [1.165, 1.54) is 23.5 Å². The van der Waals surface area contributed by atoms with Gasteiger partial charge in [-0.05, 0) is 48.5 Å². The number of anilines is 2. The van der Waals surface area contributed by atoms with Crippen LogP contribution >= 0.6 is 11.3 Å². The van der Waals surface area contributed by atoms with Crippen LogP contribution in [0, 0.1) is 0 Å². The number of thiazole rings is 1. The van der Waals surface area contributed by atoms with Gasteiger partial charge in [-0.1, -0.05) is 18.2 Å². The SMILES string of the molecule is O=C(Nc1ccc(-c2csc(-c3ccc(OCCN4CCOCC4)cc3)n2)cc1)Nc1cccc(C(F)(F)F)n1. The molecule has 1 aliphatic rings. The molecule has 1 fully saturated rings. The van der Waals surface area contributed by atoms with Crippen molar-refractivity contribution in [2.24, 2.45) is 0 Å². The van der Waals surface area contributed by atoms with Crippen molar-refractivity contribution in [3.8, 4) is 27.6 Å². The van der Waals surface area contributed by atoms with Crippen LogP contribution in [0.15, 0.2) is 72.1 Å². The second-order valence-corrected chi connectivity index (χ2v) is 9.79. The molecular weight excluding hydrogens is 543 g/mol. The first-order valence-electron chi connectivity index (χ1n) is 12.5. The van der Waals surface area contributed by atoms with Crippen molar-refractivity contribution in [3.05, 3.63) is 77.8 Å². The molecule has 2 amide bonds. The van der Waals surface area contributed by atoms with Crippen LogP contribution < -0.4 is 15.4 Å². The number of alkyl halides is 3. The highest BCUT2D eigenvalue weighted by molar-refractivity contribution is 7.13. The summed E-state index contributed by atoms with van der Waals surface area (Å²) in [6, 6.07) is 17.4. The number of rotatable bonds is 8. The highest BCUT2D eigenvalue weighted by atomic mass is 32.1. The molecule has 1 saturated heterocycles. The molecule has 0 spiro atoms. The van der Waals surface area contributed by atoms with Gasteiger partial charge >= 0.3 is 12.2 Å². The zero-order valence-electron chi connectivity index (χ0n) is 21.3. The number of ether oxygens (including phenoxy) is 2. The van der Waals surface area contributed by atoms with Gasteiger partial charge in [0, 0.05) is 41.8 Å². The van der Waals surface area contributed by atoms with Crippen molar-refractivity contribution in [1.29, 1.82) is 0 Å². The summed E-state index contributed by atoms with van der Waals surface area (Å²) in [5.41, 5.74) is 2.01. The molecule has 0 atom stereocenters. The van der Waals surface area contributed by atoms with Crippen molar-refractivity contribution in [1.82, 2.24) is 14.9 Å². The quantitative estimate of drug-likeness (QED) is 0.261. The van der Waals surface area contributed by atoms with Gasteiger partial charge in [-0.25, -0.2) is 14.8 Å². The lowest BCUT2D eigenvalue weighted by Gasteiger charge is -2.26. The van der Waals surface area contributed by atoms with Crippen LogP contribution in [0.4, 0.5) is 29.5 Å². The van der Waals surface area contributed by atoms with Gasteiger partial charge < -0.3 is 14.8 Å². The van der Waals surface area contributed by atoms with Gasteiger partial charge in [0.15, 0.2) is 0 Å². The summed E-state index contributed by atoms with van der Waals surface area (Å²) in [5.74, 6) is 0.608. The largest absolute Gasteiger partial charge is 0.492 e. The van der Waals surface area contributed by atoms with Crippen molar-refractivity contribution in [3.63, 3.8) is 0 Å². The highest BCUT2D eigenvalue weighted by Crippen LogP contribution is 2.31. The van der Waals surface area contributed by atoms with Gasteiger partial charge in [-0.2, -0.15) is 13.2 Å². The molecule has 2 aromatic heterocycles. The number of carbonyl (C=O) groups is 1. The lowest BCUT2D eigenvalue weighted by Crippen LogP contribution is -2.38. The van der Waals surface area contributed by atoms with E-state index in [0.717, 1.165) is 66.5 Å². The molecule has 0 bridgehead atoms. The van der Waals surface area contributed by atoms with E-state index in [4.69, 9.17) is 14.5 Å². The van der Waals surface area contributed by atoms with Crippen molar-refractivity contribution >= 4 is 28.9 Å². The van der Waals surface area contributed by atoms with Crippen molar-refractivity contribution < 1.29 is 27.4 Å². The Hall–Kier alpha value is -4.00. The molecule has 3 heterocycles. The number of hydrogen-bond donors (Lipinski definition) is 2. The number of morpholine rings is 1. The molecule has 40 heavy (non-hydrogen) atoms. The molecular formula is C28H26F3N5O3S. The number of nitrogens with zero attached hydrogens (tertiary/aromatic N) is 3. The number of urea groups is 1. The van der Waals surface area contributed by atoms with Crippen LogP contribution in [0.5, 0.6) is 5.75 Å². The lowest BCUT2D eigenvalue weighted by atomic mass is 10.1. The Morgan fingerprint density at radius 3 is 2.40 bits per heavy atom. The Kier molecular flexibility index (Phi) is 8.58. The van der Waals surface area contributed by atoms with Crippen LogP contribution in [-0.2, 0) is 10.9 Å². The van der Waals surface area contributed by atoms with E-state index in [0.29, 0.717) is 12.3 Å². The molecule has 0 saturated carbocycles. The standard InChI is InChI=1S/C28H26F3N5O3S/c29-28(30,31)24-2-1-3-25(34-24)35-27(37)32-21-8-4-19(5-9-21)23-18-40-26(33-23)20-6-10-22(11-7-20)39-17-14-36-12-15-38-16-13-36/h1-11,18H,12-17H2,(H2,32,34,35,37). The summed E-state index contributed by atoms with van der Waals surface area (Å²) in [4.78, 5) is 22.7. The Morgan fingerprint density at radius 1 is 0.950 bits per heavy atom. The first-order chi connectivity index (χ1) is 19.3. The Bertz CT molecular complexity index is 1420. The van der Waals surface area contributed by atoms with Gasteiger partial charge in [-0.3, -0.25) is 10.2 Å². The minimum absolute atomic E-state index is 0.202. The number of carbonyl (C=O) groups excluding carboxylic acids is 1. The Labute approximate surface area is 232 Å². The van der Waals surface area contributed by atoms with E-state index in [-0.39, 0.29) is 5.82 Å². The first kappa shape index (κ1) is 27.6. The summed E-state index contributed by atoms with van der Waals surface area (Å²) in [5, 5.41) is 7.72. The zero-order valence-corrected chi connectivity index (χ0v) is 22.1. The maximum absolute atomic E-state index is 12.8. The maximum atomic E-state index is 12.8. The third kappa shape index (κ3) is 7.34. The molecule has 1 aliphatic heterocycles. The summed E-state index contributed by atoms with van der Waals surface area (Å²) >= 11 is 1.52. The van der Waals surface area contributed by atoms with Gasteiger partial charge in [0.2, 0.25) is 0 Å². The third-order valence-electron chi connectivity index (χ3n) is 6.11. The predicted octanol–water partition coefficient (Wildman–Crippen LogP) is 6.25. The van der Waals surface area contributed by atoms with Gasteiger partial charge in [0.05, 0.1) is 18.9 Å². The van der Waals surface area contributed by atoms with Crippen molar-refractivity contribution in [2.45, 2.75) is 6.18 Å². The van der Waals surface area contributed by atoms with Crippen LogP contribution in [0.2, 0.25) is 0 Å². The number of hydrogen-bond acceptors (Lipinski definition) is 7.